The number of thiazole rings is 1. The van der Waals surface area contributed by atoms with Crippen LogP contribution in [0.3, 0.4) is 0 Å². The van der Waals surface area contributed by atoms with Crippen molar-refractivity contribution in [2.24, 2.45) is 0 Å². The zero-order valence-electron chi connectivity index (χ0n) is 10.4. The first kappa shape index (κ1) is 14.5. The third-order valence-corrected chi connectivity index (χ3v) is 4.46. The highest BCUT2D eigenvalue weighted by atomic mass is 32.1. The van der Waals surface area contributed by atoms with Gasteiger partial charge in [0.25, 0.3) is 0 Å². The smallest absolute Gasteiger partial charge is 0.310 e. The summed E-state index contributed by atoms with van der Waals surface area (Å²) in [6.07, 6.45) is -4.40. The number of nitrogens with one attached hydrogen (secondary N) is 1. The maximum Gasteiger partial charge on any atom is 0.434 e. The minimum atomic E-state index is -4.40. The third-order valence-electron chi connectivity index (χ3n) is 2.37. The molecule has 0 bridgehead atoms. The van der Waals surface area contributed by atoms with Crippen LogP contribution >= 0.6 is 22.7 Å². The van der Waals surface area contributed by atoms with Crippen LogP contribution in [0.25, 0.3) is 9.88 Å². The van der Waals surface area contributed by atoms with Gasteiger partial charge < -0.3 is 5.32 Å². The highest BCUT2D eigenvalue weighted by molar-refractivity contribution is 7.21. The number of rotatable bonds is 4. The second kappa shape index (κ2) is 5.60. The molecule has 2 aromatic rings. The van der Waals surface area contributed by atoms with Crippen LogP contribution in [0.5, 0.6) is 0 Å². The average Bonchev–Trinajstić information content (AvgIpc) is 2.94. The lowest BCUT2D eigenvalue weighted by molar-refractivity contribution is -0.141. The fourth-order valence-corrected chi connectivity index (χ4v) is 3.32. The molecule has 104 valence electrons. The molecule has 0 saturated heterocycles. The van der Waals surface area contributed by atoms with Crippen LogP contribution in [0.2, 0.25) is 0 Å². The molecule has 0 fully saturated rings. The summed E-state index contributed by atoms with van der Waals surface area (Å²) in [6.45, 7) is 3.98. The molecule has 0 unspecified atom stereocenters. The lowest BCUT2D eigenvalue weighted by atomic mass is 10.3. The topological polar surface area (TPSA) is 24.9 Å². The molecule has 0 aliphatic rings. The van der Waals surface area contributed by atoms with Crippen LogP contribution in [0.15, 0.2) is 17.5 Å². The van der Waals surface area contributed by atoms with Crippen molar-refractivity contribution in [1.29, 1.82) is 0 Å². The summed E-state index contributed by atoms with van der Waals surface area (Å²) in [5, 5.41) is 5.27. The molecule has 1 N–H and O–H groups in total. The Balaban J connectivity index is 2.34. The highest BCUT2D eigenvalue weighted by Gasteiger charge is 2.37. The van der Waals surface area contributed by atoms with Gasteiger partial charge in [0.15, 0.2) is 5.69 Å². The van der Waals surface area contributed by atoms with Gasteiger partial charge in [-0.1, -0.05) is 19.9 Å². The van der Waals surface area contributed by atoms with E-state index in [1.54, 1.807) is 12.1 Å². The summed E-state index contributed by atoms with van der Waals surface area (Å²) in [4.78, 5) is 4.78. The van der Waals surface area contributed by atoms with Gasteiger partial charge in [0, 0.05) is 12.6 Å². The first-order valence-electron chi connectivity index (χ1n) is 5.72. The number of nitrogens with zero attached hydrogens (tertiary/aromatic N) is 1. The number of thiophene rings is 1. The van der Waals surface area contributed by atoms with Crippen molar-refractivity contribution < 1.29 is 13.2 Å². The molecule has 0 aliphatic carbocycles. The number of halogens is 3. The van der Waals surface area contributed by atoms with Crippen LogP contribution in [-0.4, -0.2) is 11.0 Å². The average molecular weight is 306 g/mol. The molecule has 0 saturated carbocycles. The van der Waals surface area contributed by atoms with Crippen molar-refractivity contribution in [3.8, 4) is 9.88 Å². The van der Waals surface area contributed by atoms with Crippen LogP contribution in [0, 0.1) is 0 Å². The molecule has 2 heterocycles. The molecular formula is C12H13F3N2S2. The van der Waals surface area contributed by atoms with E-state index in [-0.39, 0.29) is 17.5 Å². The van der Waals surface area contributed by atoms with E-state index >= 15 is 0 Å². The Labute approximate surface area is 117 Å². The van der Waals surface area contributed by atoms with E-state index in [0.717, 1.165) is 16.2 Å². The Hall–Kier alpha value is -0.920. The molecule has 0 amide bonds. The summed E-state index contributed by atoms with van der Waals surface area (Å²) >= 11 is 2.50. The molecule has 2 aromatic heterocycles. The number of hydrogen-bond donors (Lipinski definition) is 1. The zero-order valence-corrected chi connectivity index (χ0v) is 12.0. The van der Waals surface area contributed by atoms with E-state index < -0.39 is 11.9 Å². The van der Waals surface area contributed by atoms with Crippen molar-refractivity contribution in [2.75, 3.05) is 0 Å². The standard InChI is InChI=1S/C12H13F3N2S2/c1-7(2)16-6-9-10(12(13,14)15)17-11(19-9)8-4-3-5-18-8/h3-5,7,16H,6H2,1-2H3. The fraction of sp³-hybridized carbons (Fsp3) is 0.417. The van der Waals surface area contributed by atoms with Crippen LogP contribution in [-0.2, 0) is 12.7 Å². The highest BCUT2D eigenvalue weighted by Crippen LogP contribution is 2.38. The predicted molar refractivity (Wildman–Crippen MR) is 72.4 cm³/mol. The van der Waals surface area contributed by atoms with E-state index in [0.29, 0.717) is 5.01 Å². The fourth-order valence-electron chi connectivity index (χ4n) is 1.50. The molecule has 2 nitrogen and oxygen atoms in total. The first-order chi connectivity index (χ1) is 8.88. The van der Waals surface area contributed by atoms with Crippen molar-refractivity contribution >= 4 is 22.7 Å². The quantitative estimate of drug-likeness (QED) is 0.906. The number of hydrogen-bond acceptors (Lipinski definition) is 4. The summed E-state index contributed by atoms with van der Waals surface area (Å²) in [7, 11) is 0. The predicted octanol–water partition coefficient (Wildman–Crippen LogP) is 4.39. The van der Waals surface area contributed by atoms with Gasteiger partial charge in [-0.25, -0.2) is 4.98 Å². The minimum absolute atomic E-state index is 0.133. The minimum Gasteiger partial charge on any atom is -0.310 e. The molecule has 7 heteroatoms. The van der Waals surface area contributed by atoms with E-state index in [4.69, 9.17) is 0 Å². The SMILES string of the molecule is CC(C)NCc1sc(-c2cccs2)nc1C(F)(F)F. The second-order valence-electron chi connectivity index (χ2n) is 4.30. The molecule has 2 rings (SSSR count). The van der Waals surface area contributed by atoms with E-state index in [1.807, 2.05) is 19.2 Å². The van der Waals surface area contributed by atoms with Gasteiger partial charge in [0.1, 0.15) is 5.01 Å². The zero-order chi connectivity index (χ0) is 14.0. The van der Waals surface area contributed by atoms with E-state index in [2.05, 4.69) is 10.3 Å². The van der Waals surface area contributed by atoms with Crippen molar-refractivity contribution in [1.82, 2.24) is 10.3 Å². The second-order valence-corrected chi connectivity index (χ2v) is 6.33. The normalized spacial score (nSPS) is 12.3. The summed E-state index contributed by atoms with van der Waals surface area (Å²) in [5.74, 6) is 0. The largest absolute Gasteiger partial charge is 0.434 e. The maximum absolute atomic E-state index is 12.9. The van der Waals surface area contributed by atoms with Crippen LogP contribution in [0.1, 0.15) is 24.4 Å². The summed E-state index contributed by atoms with van der Waals surface area (Å²) in [6, 6.07) is 3.72. The Kier molecular flexibility index (Phi) is 4.27. The lowest BCUT2D eigenvalue weighted by Crippen LogP contribution is -2.23. The first-order valence-corrected chi connectivity index (χ1v) is 7.41. The van der Waals surface area contributed by atoms with E-state index in [1.165, 1.54) is 11.3 Å². The molecular weight excluding hydrogens is 293 g/mol. The summed E-state index contributed by atoms with van der Waals surface area (Å²) in [5.41, 5.74) is -0.769. The van der Waals surface area contributed by atoms with Gasteiger partial charge in [-0.2, -0.15) is 13.2 Å². The molecule has 0 aromatic carbocycles. The van der Waals surface area contributed by atoms with Gasteiger partial charge in [-0.05, 0) is 11.4 Å². The molecule has 0 aliphatic heterocycles. The lowest BCUT2D eigenvalue weighted by Gasteiger charge is -2.09. The Morgan fingerprint density at radius 2 is 2.11 bits per heavy atom. The Morgan fingerprint density at radius 3 is 2.63 bits per heavy atom. The third kappa shape index (κ3) is 3.55. The molecule has 0 spiro atoms. The van der Waals surface area contributed by atoms with Gasteiger partial charge in [0.2, 0.25) is 0 Å². The molecule has 0 radical (unpaired) electrons. The van der Waals surface area contributed by atoms with Crippen LogP contribution < -0.4 is 5.32 Å². The maximum atomic E-state index is 12.9. The number of alkyl halides is 3. The van der Waals surface area contributed by atoms with Crippen molar-refractivity contribution in [3.63, 3.8) is 0 Å². The van der Waals surface area contributed by atoms with Crippen molar-refractivity contribution in [2.45, 2.75) is 32.6 Å². The Bertz CT molecular complexity index is 530. The van der Waals surface area contributed by atoms with E-state index in [9.17, 15) is 13.2 Å². The monoisotopic (exact) mass is 306 g/mol. The Morgan fingerprint density at radius 1 is 1.37 bits per heavy atom. The number of aromatic nitrogens is 1. The van der Waals surface area contributed by atoms with Gasteiger partial charge >= 0.3 is 6.18 Å². The van der Waals surface area contributed by atoms with Crippen LogP contribution in [0.4, 0.5) is 13.2 Å². The van der Waals surface area contributed by atoms with Gasteiger partial charge in [-0.15, -0.1) is 22.7 Å². The van der Waals surface area contributed by atoms with Gasteiger partial charge in [0.05, 0.1) is 9.75 Å². The molecule has 19 heavy (non-hydrogen) atoms. The summed E-state index contributed by atoms with van der Waals surface area (Å²) < 4.78 is 38.8. The van der Waals surface area contributed by atoms with Crippen molar-refractivity contribution in [3.05, 3.63) is 28.1 Å². The van der Waals surface area contributed by atoms with Gasteiger partial charge in [-0.3, -0.25) is 0 Å². The molecule has 0 atom stereocenters.